The molecule has 0 aliphatic rings. The summed E-state index contributed by atoms with van der Waals surface area (Å²) in [7, 11) is 0. The van der Waals surface area contributed by atoms with Gasteiger partial charge in [0.25, 0.3) is 11.6 Å². The largest absolute Gasteiger partial charge is 0.354 e. The van der Waals surface area contributed by atoms with Gasteiger partial charge >= 0.3 is 0 Å². The predicted octanol–water partition coefficient (Wildman–Crippen LogP) is 6.43. The molecule has 0 saturated carbocycles. The first kappa shape index (κ1) is 23.2. The number of aromatic nitrogens is 1. The molecule has 1 aromatic heterocycles. The zero-order valence-corrected chi connectivity index (χ0v) is 19.6. The molecule has 0 bridgehead atoms. The number of hydrogen-bond donors (Lipinski definition) is 1. The molecule has 0 aliphatic heterocycles. The summed E-state index contributed by atoms with van der Waals surface area (Å²) in [5.41, 5.74) is 4.67. The van der Waals surface area contributed by atoms with Crippen LogP contribution in [0.2, 0.25) is 5.02 Å². The summed E-state index contributed by atoms with van der Waals surface area (Å²) in [4.78, 5) is 24.7. The van der Waals surface area contributed by atoms with Crippen molar-refractivity contribution in [3.63, 3.8) is 0 Å². The van der Waals surface area contributed by atoms with Gasteiger partial charge in [-0.2, -0.15) is 0 Å². The molecular formula is C26H22ClN3O4. The van der Waals surface area contributed by atoms with Gasteiger partial charge in [0.1, 0.15) is 16.8 Å². The van der Waals surface area contributed by atoms with E-state index in [0.29, 0.717) is 5.69 Å². The van der Waals surface area contributed by atoms with Crippen molar-refractivity contribution < 1.29 is 14.2 Å². The molecule has 0 fully saturated rings. The normalized spacial score (nSPS) is 10.8. The van der Waals surface area contributed by atoms with Crippen LogP contribution in [0.1, 0.15) is 32.6 Å². The maximum Gasteiger partial charge on any atom is 0.282 e. The first-order chi connectivity index (χ1) is 16.3. The Hall–Kier alpha value is -3.97. The van der Waals surface area contributed by atoms with Crippen molar-refractivity contribution in [1.82, 2.24) is 10.5 Å². The Morgan fingerprint density at radius 3 is 2.35 bits per heavy atom. The van der Waals surface area contributed by atoms with Crippen molar-refractivity contribution in [3.8, 4) is 22.6 Å². The molecule has 0 aliphatic carbocycles. The lowest BCUT2D eigenvalue weighted by Gasteiger charge is -2.12. The zero-order valence-electron chi connectivity index (χ0n) is 18.9. The summed E-state index contributed by atoms with van der Waals surface area (Å²) in [6.07, 6.45) is 0. The van der Waals surface area contributed by atoms with Gasteiger partial charge in [0.05, 0.1) is 9.95 Å². The van der Waals surface area contributed by atoms with Gasteiger partial charge in [-0.1, -0.05) is 70.9 Å². The molecule has 1 heterocycles. The minimum atomic E-state index is -0.558. The third-order valence-corrected chi connectivity index (χ3v) is 5.86. The van der Waals surface area contributed by atoms with Crippen molar-refractivity contribution >= 4 is 23.2 Å². The smallest absolute Gasteiger partial charge is 0.282 e. The van der Waals surface area contributed by atoms with E-state index in [0.717, 1.165) is 27.8 Å². The second kappa shape index (κ2) is 9.49. The van der Waals surface area contributed by atoms with E-state index in [2.05, 4.69) is 10.5 Å². The molecule has 4 rings (SSSR count). The Morgan fingerprint density at radius 1 is 1.03 bits per heavy atom. The number of nitro benzene ring substituents is 1. The van der Waals surface area contributed by atoms with Crippen molar-refractivity contribution in [3.05, 3.63) is 104 Å². The van der Waals surface area contributed by atoms with Gasteiger partial charge in [0, 0.05) is 18.2 Å². The number of nitrogens with one attached hydrogen (secondary N) is 1. The van der Waals surface area contributed by atoms with Crippen LogP contribution >= 0.6 is 11.6 Å². The minimum absolute atomic E-state index is 0.0141. The number of nitrogens with zero attached hydrogens (tertiary/aromatic N) is 2. The van der Waals surface area contributed by atoms with Crippen LogP contribution in [0, 0.1) is 30.9 Å². The molecule has 1 amide bonds. The van der Waals surface area contributed by atoms with Gasteiger partial charge < -0.3 is 9.84 Å². The van der Waals surface area contributed by atoms with Crippen molar-refractivity contribution in [2.45, 2.75) is 27.3 Å². The fraction of sp³-hybridized carbons (Fsp3) is 0.154. The van der Waals surface area contributed by atoms with Crippen molar-refractivity contribution in [2.24, 2.45) is 0 Å². The number of rotatable bonds is 6. The van der Waals surface area contributed by atoms with Crippen LogP contribution in [0.4, 0.5) is 5.69 Å². The topological polar surface area (TPSA) is 98.3 Å². The highest BCUT2D eigenvalue weighted by atomic mass is 35.5. The summed E-state index contributed by atoms with van der Waals surface area (Å²) in [6.45, 7) is 6.10. The lowest BCUT2D eigenvalue weighted by molar-refractivity contribution is -0.384. The summed E-state index contributed by atoms with van der Waals surface area (Å²) in [6, 6.07) is 17.7. The molecule has 3 aromatic carbocycles. The van der Waals surface area contributed by atoms with Crippen molar-refractivity contribution in [2.75, 3.05) is 0 Å². The molecule has 7 nitrogen and oxygen atoms in total. The molecule has 8 heteroatoms. The van der Waals surface area contributed by atoms with E-state index >= 15 is 0 Å². The second-order valence-electron chi connectivity index (χ2n) is 8.07. The van der Waals surface area contributed by atoms with Gasteiger partial charge in [-0.3, -0.25) is 14.9 Å². The van der Waals surface area contributed by atoms with Gasteiger partial charge in [-0.15, -0.1) is 0 Å². The minimum Gasteiger partial charge on any atom is -0.354 e. The van der Waals surface area contributed by atoms with Crippen LogP contribution in [0.15, 0.2) is 65.2 Å². The molecule has 0 spiro atoms. The fourth-order valence-electron chi connectivity index (χ4n) is 4.15. The number of benzene rings is 3. The van der Waals surface area contributed by atoms with Crippen LogP contribution in [-0.2, 0) is 6.54 Å². The number of carbonyl (C=O) groups is 1. The molecule has 0 atom stereocenters. The summed E-state index contributed by atoms with van der Waals surface area (Å²) >= 11 is 6.37. The van der Waals surface area contributed by atoms with E-state index in [-0.39, 0.29) is 34.1 Å². The van der Waals surface area contributed by atoms with E-state index < -0.39 is 10.8 Å². The Morgan fingerprint density at radius 2 is 1.71 bits per heavy atom. The van der Waals surface area contributed by atoms with Crippen LogP contribution in [-0.4, -0.2) is 16.0 Å². The number of hydrogen-bond acceptors (Lipinski definition) is 5. The molecule has 0 radical (unpaired) electrons. The molecular weight excluding hydrogens is 454 g/mol. The Kier molecular flexibility index (Phi) is 6.47. The highest BCUT2D eigenvalue weighted by Crippen LogP contribution is 2.42. The predicted molar refractivity (Wildman–Crippen MR) is 131 cm³/mol. The first-order valence-electron chi connectivity index (χ1n) is 10.6. The highest BCUT2D eigenvalue weighted by Gasteiger charge is 2.32. The third-order valence-electron chi connectivity index (χ3n) is 5.54. The van der Waals surface area contributed by atoms with Crippen LogP contribution in [0.3, 0.4) is 0 Å². The Labute approximate surface area is 201 Å². The molecule has 0 saturated heterocycles. The zero-order chi connectivity index (χ0) is 24.4. The molecule has 34 heavy (non-hydrogen) atoms. The molecule has 172 valence electrons. The van der Waals surface area contributed by atoms with Gasteiger partial charge in [0.2, 0.25) is 0 Å². The van der Waals surface area contributed by atoms with Gasteiger partial charge in [-0.05, 0) is 43.5 Å². The number of nitro groups is 1. The van der Waals surface area contributed by atoms with Gasteiger partial charge in [0.15, 0.2) is 5.76 Å². The SMILES string of the molecule is Cc1cc(C)c(-c2noc(-c3c(Cl)cccc3[N+](=O)[O-])c2C(=O)NCc2ccccc2)c(C)c1. The quantitative estimate of drug-likeness (QED) is 0.256. The maximum absolute atomic E-state index is 13.5. The Bertz CT molecular complexity index is 1370. The molecule has 0 unspecified atom stereocenters. The summed E-state index contributed by atoms with van der Waals surface area (Å²) in [5.74, 6) is -0.513. The monoisotopic (exact) mass is 475 g/mol. The average molecular weight is 476 g/mol. The number of carbonyl (C=O) groups excluding carboxylic acids is 1. The van der Waals surface area contributed by atoms with E-state index in [1.807, 2.05) is 63.2 Å². The first-order valence-corrected chi connectivity index (χ1v) is 11.0. The second-order valence-corrected chi connectivity index (χ2v) is 8.48. The lowest BCUT2D eigenvalue weighted by atomic mass is 9.93. The number of halogens is 1. The summed E-state index contributed by atoms with van der Waals surface area (Å²) in [5, 5.41) is 18.9. The molecule has 1 N–H and O–H groups in total. The standard InChI is InChI=1S/C26H22ClN3O4/c1-15-12-16(2)21(17(3)13-15)24-23(26(31)28-14-18-8-5-4-6-9-18)25(34-29-24)22-19(27)10-7-11-20(22)30(32)33/h4-13H,14H2,1-3H3,(H,28,31). The van der Waals surface area contributed by atoms with E-state index in [1.165, 1.54) is 18.2 Å². The number of amides is 1. The van der Waals surface area contributed by atoms with E-state index in [9.17, 15) is 14.9 Å². The fourth-order valence-corrected chi connectivity index (χ4v) is 4.41. The third kappa shape index (κ3) is 4.43. The van der Waals surface area contributed by atoms with Crippen LogP contribution in [0.5, 0.6) is 0 Å². The lowest BCUT2D eigenvalue weighted by Crippen LogP contribution is -2.23. The maximum atomic E-state index is 13.5. The van der Waals surface area contributed by atoms with E-state index in [1.54, 1.807) is 0 Å². The summed E-state index contributed by atoms with van der Waals surface area (Å²) < 4.78 is 5.62. The highest BCUT2D eigenvalue weighted by molar-refractivity contribution is 6.34. The number of aryl methyl sites for hydroxylation is 3. The Balaban J connectivity index is 1.91. The molecule has 4 aromatic rings. The van der Waals surface area contributed by atoms with Crippen molar-refractivity contribution in [1.29, 1.82) is 0 Å². The van der Waals surface area contributed by atoms with Crippen LogP contribution in [0.25, 0.3) is 22.6 Å². The average Bonchev–Trinajstić information content (AvgIpc) is 3.21. The van der Waals surface area contributed by atoms with E-state index in [4.69, 9.17) is 16.1 Å². The van der Waals surface area contributed by atoms with Gasteiger partial charge in [-0.25, -0.2) is 0 Å². The van der Waals surface area contributed by atoms with Crippen LogP contribution < -0.4 is 5.32 Å².